The lowest BCUT2D eigenvalue weighted by atomic mass is 9.95. The van der Waals surface area contributed by atoms with Gasteiger partial charge in [-0.3, -0.25) is 4.79 Å². The van der Waals surface area contributed by atoms with Gasteiger partial charge < -0.3 is 15.8 Å². The minimum absolute atomic E-state index is 0.0905. The fraction of sp³-hybridized carbons (Fsp3) is 0.462. The van der Waals surface area contributed by atoms with Gasteiger partial charge in [-0.25, -0.2) is 0 Å². The number of nitrogens with one attached hydrogen (secondary N) is 1. The number of hydrogen-bond donors (Lipinski definition) is 2. The van der Waals surface area contributed by atoms with Gasteiger partial charge in [-0.15, -0.1) is 0 Å². The second kappa shape index (κ2) is 3.47. The van der Waals surface area contributed by atoms with Crippen LogP contribution < -0.4 is 15.8 Å². The van der Waals surface area contributed by atoms with Crippen molar-refractivity contribution in [2.75, 3.05) is 11.9 Å². The van der Waals surface area contributed by atoms with Crippen molar-refractivity contribution < 1.29 is 9.53 Å². The number of rotatable bonds is 2. The second-order valence-electron chi connectivity index (χ2n) is 4.94. The Morgan fingerprint density at radius 3 is 2.94 bits per heavy atom. The van der Waals surface area contributed by atoms with Gasteiger partial charge >= 0.3 is 0 Å². The molecule has 0 aromatic heterocycles. The van der Waals surface area contributed by atoms with Gasteiger partial charge in [0.25, 0.3) is 5.91 Å². The van der Waals surface area contributed by atoms with E-state index in [4.69, 9.17) is 10.5 Å². The number of nitrogens with two attached hydrogens (primary N) is 1. The van der Waals surface area contributed by atoms with E-state index in [1.54, 1.807) is 6.92 Å². The molecule has 0 bridgehead atoms. The molecule has 4 nitrogen and oxygen atoms in total. The Bertz CT molecular complexity index is 480. The monoisotopic (exact) mass is 232 g/mol. The summed E-state index contributed by atoms with van der Waals surface area (Å²) in [5, 5.41) is 2.87. The van der Waals surface area contributed by atoms with Crippen LogP contribution in [0.2, 0.25) is 0 Å². The van der Waals surface area contributed by atoms with E-state index in [-0.39, 0.29) is 11.3 Å². The maximum atomic E-state index is 11.5. The first-order valence-electron chi connectivity index (χ1n) is 5.97. The quantitative estimate of drug-likeness (QED) is 0.810. The van der Waals surface area contributed by atoms with Gasteiger partial charge in [-0.2, -0.15) is 0 Å². The SMILES string of the molecule is CC1Oc2ccc(C3(CN)CC3)cc2NC1=O. The van der Waals surface area contributed by atoms with Crippen molar-refractivity contribution in [3.63, 3.8) is 0 Å². The van der Waals surface area contributed by atoms with Crippen LogP contribution in [0.1, 0.15) is 25.3 Å². The summed E-state index contributed by atoms with van der Waals surface area (Å²) in [5.41, 5.74) is 7.92. The van der Waals surface area contributed by atoms with Crippen LogP contribution in [0.15, 0.2) is 18.2 Å². The maximum Gasteiger partial charge on any atom is 0.265 e. The Kier molecular flexibility index (Phi) is 2.16. The number of amides is 1. The van der Waals surface area contributed by atoms with Crippen LogP contribution in [0.3, 0.4) is 0 Å². The largest absolute Gasteiger partial charge is 0.479 e. The average molecular weight is 232 g/mol. The van der Waals surface area contributed by atoms with E-state index in [1.807, 2.05) is 12.1 Å². The van der Waals surface area contributed by atoms with Gasteiger partial charge in [-0.05, 0) is 37.5 Å². The minimum Gasteiger partial charge on any atom is -0.479 e. The van der Waals surface area contributed by atoms with E-state index >= 15 is 0 Å². The van der Waals surface area contributed by atoms with Crippen molar-refractivity contribution in [2.24, 2.45) is 5.73 Å². The molecular formula is C13H16N2O2. The van der Waals surface area contributed by atoms with Gasteiger partial charge in [0, 0.05) is 12.0 Å². The summed E-state index contributed by atoms with van der Waals surface area (Å²) in [6, 6.07) is 5.98. The van der Waals surface area contributed by atoms with Gasteiger partial charge in [0.2, 0.25) is 0 Å². The third-order valence-electron chi connectivity index (χ3n) is 3.77. The van der Waals surface area contributed by atoms with Crippen LogP contribution in [0.25, 0.3) is 0 Å². The molecule has 1 aromatic rings. The average Bonchev–Trinajstić information content (AvgIpc) is 3.11. The molecule has 1 heterocycles. The number of ether oxygens (including phenoxy) is 1. The van der Waals surface area contributed by atoms with Crippen LogP contribution in [-0.2, 0) is 10.2 Å². The molecule has 0 radical (unpaired) electrons. The minimum atomic E-state index is -0.419. The molecule has 1 aliphatic carbocycles. The van der Waals surface area contributed by atoms with Gasteiger partial charge in [0.05, 0.1) is 5.69 Å². The van der Waals surface area contributed by atoms with E-state index in [0.717, 1.165) is 24.3 Å². The van der Waals surface area contributed by atoms with Gasteiger partial charge in [0.15, 0.2) is 6.10 Å². The summed E-state index contributed by atoms with van der Waals surface area (Å²) < 4.78 is 5.52. The highest BCUT2D eigenvalue weighted by atomic mass is 16.5. The highest BCUT2D eigenvalue weighted by Gasteiger charge is 2.43. The number of carbonyl (C=O) groups is 1. The zero-order valence-electron chi connectivity index (χ0n) is 9.82. The van der Waals surface area contributed by atoms with Crippen LogP contribution in [-0.4, -0.2) is 18.6 Å². The molecule has 3 N–H and O–H groups in total. The zero-order valence-corrected chi connectivity index (χ0v) is 9.82. The Labute approximate surface area is 100 Å². The lowest BCUT2D eigenvalue weighted by Crippen LogP contribution is -2.34. The predicted molar refractivity (Wildman–Crippen MR) is 65.1 cm³/mol. The molecule has 0 spiro atoms. The van der Waals surface area contributed by atoms with Gasteiger partial charge in [-0.1, -0.05) is 6.07 Å². The van der Waals surface area contributed by atoms with Crippen molar-refractivity contribution in [1.29, 1.82) is 0 Å². The topological polar surface area (TPSA) is 64.3 Å². The van der Waals surface area contributed by atoms with Crippen molar-refractivity contribution >= 4 is 11.6 Å². The zero-order chi connectivity index (χ0) is 12.0. The molecule has 1 unspecified atom stereocenters. The molecule has 1 amide bonds. The summed E-state index contributed by atoms with van der Waals surface area (Å²) >= 11 is 0. The molecule has 0 saturated heterocycles. The Balaban J connectivity index is 1.97. The molecule has 4 heteroatoms. The highest BCUT2D eigenvalue weighted by Crippen LogP contribution is 2.48. The van der Waals surface area contributed by atoms with Crippen molar-refractivity contribution in [3.8, 4) is 5.75 Å². The lowest BCUT2D eigenvalue weighted by Gasteiger charge is -2.25. The first kappa shape index (κ1) is 10.6. The normalized spacial score (nSPS) is 24.6. The molecule has 1 aliphatic heterocycles. The van der Waals surface area contributed by atoms with Crippen molar-refractivity contribution in [1.82, 2.24) is 0 Å². The third-order valence-corrected chi connectivity index (χ3v) is 3.77. The van der Waals surface area contributed by atoms with E-state index in [0.29, 0.717) is 6.54 Å². The fourth-order valence-electron chi connectivity index (χ4n) is 2.30. The van der Waals surface area contributed by atoms with Gasteiger partial charge in [0.1, 0.15) is 5.75 Å². The fourth-order valence-corrected chi connectivity index (χ4v) is 2.30. The van der Waals surface area contributed by atoms with Crippen LogP contribution in [0, 0.1) is 0 Å². The number of anilines is 1. The van der Waals surface area contributed by atoms with E-state index in [9.17, 15) is 4.79 Å². The maximum absolute atomic E-state index is 11.5. The number of benzene rings is 1. The van der Waals surface area contributed by atoms with E-state index < -0.39 is 6.10 Å². The first-order chi connectivity index (χ1) is 8.14. The molecule has 17 heavy (non-hydrogen) atoms. The lowest BCUT2D eigenvalue weighted by molar-refractivity contribution is -0.122. The molecular weight excluding hydrogens is 216 g/mol. The van der Waals surface area contributed by atoms with Crippen molar-refractivity contribution in [2.45, 2.75) is 31.3 Å². The number of fused-ring (bicyclic) bond motifs is 1. The first-order valence-corrected chi connectivity index (χ1v) is 5.97. The third kappa shape index (κ3) is 1.60. The second-order valence-corrected chi connectivity index (χ2v) is 4.94. The van der Waals surface area contributed by atoms with E-state index in [2.05, 4.69) is 11.4 Å². The number of carbonyl (C=O) groups excluding carboxylic acids is 1. The molecule has 2 aliphatic rings. The smallest absolute Gasteiger partial charge is 0.265 e. The Hall–Kier alpha value is -1.55. The molecule has 90 valence electrons. The number of hydrogen-bond acceptors (Lipinski definition) is 3. The highest BCUT2D eigenvalue weighted by molar-refractivity contribution is 5.97. The van der Waals surface area contributed by atoms with Crippen LogP contribution in [0.5, 0.6) is 5.75 Å². The summed E-state index contributed by atoms with van der Waals surface area (Å²) in [6.45, 7) is 2.41. The summed E-state index contributed by atoms with van der Waals surface area (Å²) in [5.74, 6) is 0.654. The van der Waals surface area contributed by atoms with Crippen molar-refractivity contribution in [3.05, 3.63) is 23.8 Å². The Morgan fingerprint density at radius 2 is 2.29 bits per heavy atom. The predicted octanol–water partition coefficient (Wildman–Crippen LogP) is 1.40. The molecule has 1 fully saturated rings. The molecule has 1 atom stereocenters. The van der Waals surface area contributed by atoms with Crippen LogP contribution >= 0.6 is 0 Å². The molecule has 3 rings (SSSR count). The summed E-state index contributed by atoms with van der Waals surface area (Å²) in [4.78, 5) is 11.5. The standard InChI is InChI=1S/C13H16N2O2/c1-8-12(16)15-10-6-9(2-3-11(10)17-8)13(7-14)4-5-13/h2-3,6,8H,4-5,7,14H2,1H3,(H,15,16). The Morgan fingerprint density at radius 1 is 1.53 bits per heavy atom. The van der Waals surface area contributed by atoms with E-state index in [1.165, 1.54) is 5.56 Å². The summed E-state index contributed by atoms with van der Waals surface area (Å²) in [7, 11) is 0. The van der Waals surface area contributed by atoms with Crippen LogP contribution in [0.4, 0.5) is 5.69 Å². The molecule has 1 saturated carbocycles. The summed E-state index contributed by atoms with van der Waals surface area (Å²) in [6.07, 6.45) is 1.85. The molecule has 1 aromatic carbocycles.